The Kier molecular flexibility index (Phi) is 6.48. The van der Waals surface area contributed by atoms with Crippen LogP contribution in [0.5, 0.6) is 0 Å². The Balaban J connectivity index is 2.07. The maximum absolute atomic E-state index is 12.8. The standard InChI is InChI=1S/C15H23ClN2O2S/c1-17-8-4-12(5-9-17)18(7-3-10-20-2)15(19)14-13(16)6-11-21-14/h6,11-12H,3-5,7-10H2,1-2H3. The molecule has 0 aliphatic carbocycles. The van der Waals surface area contributed by atoms with E-state index in [4.69, 9.17) is 16.3 Å². The third kappa shape index (κ3) is 4.42. The number of likely N-dealkylation sites (tertiary alicyclic amines) is 1. The zero-order chi connectivity index (χ0) is 15.2. The van der Waals surface area contributed by atoms with Gasteiger partial charge in [-0.2, -0.15) is 0 Å². The van der Waals surface area contributed by atoms with Crippen LogP contribution in [0.25, 0.3) is 0 Å². The molecule has 118 valence electrons. The van der Waals surface area contributed by atoms with Crippen LogP contribution in [0.15, 0.2) is 11.4 Å². The van der Waals surface area contributed by atoms with E-state index < -0.39 is 0 Å². The summed E-state index contributed by atoms with van der Waals surface area (Å²) in [5.41, 5.74) is 0. The molecule has 0 saturated carbocycles. The maximum Gasteiger partial charge on any atom is 0.265 e. The van der Waals surface area contributed by atoms with Crippen molar-refractivity contribution in [2.45, 2.75) is 25.3 Å². The summed E-state index contributed by atoms with van der Waals surface area (Å²) in [7, 11) is 3.82. The van der Waals surface area contributed by atoms with Crippen LogP contribution in [-0.2, 0) is 4.74 Å². The molecule has 21 heavy (non-hydrogen) atoms. The molecule has 4 nitrogen and oxygen atoms in total. The van der Waals surface area contributed by atoms with Crippen molar-refractivity contribution >= 4 is 28.8 Å². The van der Waals surface area contributed by atoms with Crippen LogP contribution >= 0.6 is 22.9 Å². The van der Waals surface area contributed by atoms with Gasteiger partial charge in [-0.15, -0.1) is 11.3 Å². The van der Waals surface area contributed by atoms with Crippen molar-refractivity contribution < 1.29 is 9.53 Å². The fraction of sp³-hybridized carbons (Fsp3) is 0.667. The molecule has 6 heteroatoms. The zero-order valence-corrected chi connectivity index (χ0v) is 14.3. The summed E-state index contributed by atoms with van der Waals surface area (Å²) < 4.78 is 5.12. The van der Waals surface area contributed by atoms with E-state index in [0.717, 1.165) is 38.9 Å². The van der Waals surface area contributed by atoms with Gasteiger partial charge in [0.1, 0.15) is 4.88 Å². The van der Waals surface area contributed by atoms with Crippen LogP contribution in [0.1, 0.15) is 28.9 Å². The van der Waals surface area contributed by atoms with Crippen LogP contribution in [0.4, 0.5) is 0 Å². The lowest BCUT2D eigenvalue weighted by Gasteiger charge is -2.37. The largest absolute Gasteiger partial charge is 0.385 e. The summed E-state index contributed by atoms with van der Waals surface area (Å²) >= 11 is 7.56. The van der Waals surface area contributed by atoms with Crippen molar-refractivity contribution in [2.24, 2.45) is 0 Å². The highest BCUT2D eigenvalue weighted by Gasteiger charge is 2.28. The number of hydrogen-bond acceptors (Lipinski definition) is 4. The molecule has 1 aromatic rings. The normalized spacial score (nSPS) is 17.1. The van der Waals surface area contributed by atoms with Crippen molar-refractivity contribution in [3.8, 4) is 0 Å². The van der Waals surface area contributed by atoms with Crippen molar-refractivity contribution in [3.05, 3.63) is 21.3 Å². The Hall–Kier alpha value is -0.620. The van der Waals surface area contributed by atoms with Gasteiger partial charge >= 0.3 is 0 Å². The predicted octanol–water partition coefficient (Wildman–Crippen LogP) is 2.97. The van der Waals surface area contributed by atoms with Crippen molar-refractivity contribution in [3.63, 3.8) is 0 Å². The van der Waals surface area contributed by atoms with E-state index in [1.165, 1.54) is 11.3 Å². The van der Waals surface area contributed by atoms with Gasteiger partial charge in [-0.1, -0.05) is 11.6 Å². The van der Waals surface area contributed by atoms with Gasteiger partial charge in [-0.25, -0.2) is 0 Å². The molecule has 0 N–H and O–H groups in total. The molecule has 0 atom stereocenters. The number of amides is 1. The number of nitrogens with zero attached hydrogens (tertiary/aromatic N) is 2. The topological polar surface area (TPSA) is 32.8 Å². The van der Waals surface area contributed by atoms with Gasteiger partial charge in [-0.05, 0) is 50.8 Å². The van der Waals surface area contributed by atoms with Gasteiger partial charge in [0.15, 0.2) is 0 Å². The molecular weight excluding hydrogens is 308 g/mol. The third-order valence-electron chi connectivity index (χ3n) is 3.95. The summed E-state index contributed by atoms with van der Waals surface area (Å²) in [6.45, 7) is 3.48. The van der Waals surface area contributed by atoms with Crippen molar-refractivity contribution in [2.75, 3.05) is 40.4 Å². The van der Waals surface area contributed by atoms with E-state index in [9.17, 15) is 4.79 Å². The monoisotopic (exact) mass is 330 g/mol. The van der Waals surface area contributed by atoms with Crippen LogP contribution in [-0.4, -0.2) is 62.1 Å². The van der Waals surface area contributed by atoms with Crippen molar-refractivity contribution in [1.29, 1.82) is 0 Å². The molecule has 0 radical (unpaired) electrons. The molecule has 1 aromatic heterocycles. The van der Waals surface area contributed by atoms with Crippen LogP contribution in [0, 0.1) is 0 Å². The molecule has 2 rings (SSSR count). The van der Waals surface area contributed by atoms with Gasteiger partial charge in [0.25, 0.3) is 5.91 Å². The van der Waals surface area contributed by atoms with Crippen LogP contribution in [0.3, 0.4) is 0 Å². The minimum atomic E-state index is 0.0701. The van der Waals surface area contributed by atoms with E-state index in [0.29, 0.717) is 22.5 Å². The molecule has 0 aromatic carbocycles. The maximum atomic E-state index is 12.8. The van der Waals surface area contributed by atoms with Gasteiger partial charge in [-0.3, -0.25) is 4.79 Å². The second kappa shape index (κ2) is 8.13. The number of carbonyl (C=O) groups excluding carboxylic acids is 1. The summed E-state index contributed by atoms with van der Waals surface area (Å²) in [4.78, 5) is 17.8. The molecule has 0 spiro atoms. The summed E-state index contributed by atoms with van der Waals surface area (Å²) in [6.07, 6.45) is 2.91. The Labute approximate surface area is 135 Å². The molecule has 0 bridgehead atoms. The average Bonchev–Trinajstić information content (AvgIpc) is 2.90. The highest BCUT2D eigenvalue weighted by Crippen LogP contribution is 2.26. The molecular formula is C15H23ClN2O2S. The highest BCUT2D eigenvalue weighted by atomic mass is 35.5. The summed E-state index contributed by atoms with van der Waals surface area (Å²) in [6, 6.07) is 2.10. The second-order valence-corrected chi connectivity index (χ2v) is 6.80. The number of hydrogen-bond donors (Lipinski definition) is 0. The lowest BCUT2D eigenvalue weighted by atomic mass is 10.0. The minimum absolute atomic E-state index is 0.0701. The van der Waals surface area contributed by atoms with Gasteiger partial charge < -0.3 is 14.5 Å². The lowest BCUT2D eigenvalue weighted by Crippen LogP contribution is -2.47. The van der Waals surface area contributed by atoms with E-state index in [-0.39, 0.29) is 5.91 Å². The molecule has 1 aliphatic rings. The molecule has 1 saturated heterocycles. The Morgan fingerprint density at radius 3 is 2.81 bits per heavy atom. The highest BCUT2D eigenvalue weighted by molar-refractivity contribution is 7.12. The number of piperidine rings is 1. The number of thiophene rings is 1. The summed E-state index contributed by atoms with van der Waals surface area (Å²) in [5.74, 6) is 0.0701. The molecule has 1 aliphatic heterocycles. The smallest absolute Gasteiger partial charge is 0.265 e. The van der Waals surface area contributed by atoms with Crippen LogP contribution < -0.4 is 0 Å². The third-order valence-corrected chi connectivity index (χ3v) is 5.28. The first kappa shape index (κ1) is 16.7. The van der Waals surface area contributed by atoms with Crippen LogP contribution in [0.2, 0.25) is 5.02 Å². The first-order chi connectivity index (χ1) is 10.1. The average molecular weight is 331 g/mol. The zero-order valence-electron chi connectivity index (χ0n) is 12.7. The molecule has 0 unspecified atom stereocenters. The lowest BCUT2D eigenvalue weighted by molar-refractivity contribution is 0.0569. The number of methoxy groups -OCH3 is 1. The second-order valence-electron chi connectivity index (χ2n) is 5.48. The van der Waals surface area contributed by atoms with Gasteiger partial charge in [0.2, 0.25) is 0 Å². The predicted molar refractivity (Wildman–Crippen MR) is 87.4 cm³/mol. The Morgan fingerprint density at radius 2 is 2.24 bits per heavy atom. The Morgan fingerprint density at radius 1 is 1.52 bits per heavy atom. The summed E-state index contributed by atoms with van der Waals surface area (Å²) in [5, 5.41) is 2.44. The number of halogens is 1. The minimum Gasteiger partial charge on any atom is -0.385 e. The van der Waals surface area contributed by atoms with E-state index in [1.807, 2.05) is 10.3 Å². The van der Waals surface area contributed by atoms with Gasteiger partial charge in [0, 0.05) is 26.3 Å². The SMILES string of the molecule is COCCCN(C(=O)c1sccc1Cl)C1CCN(C)CC1. The van der Waals surface area contributed by atoms with E-state index in [2.05, 4.69) is 11.9 Å². The number of ether oxygens (including phenoxy) is 1. The molecule has 1 fully saturated rings. The fourth-order valence-corrected chi connectivity index (χ4v) is 3.80. The van der Waals surface area contributed by atoms with E-state index >= 15 is 0 Å². The Bertz CT molecular complexity index is 458. The first-order valence-electron chi connectivity index (χ1n) is 7.35. The number of carbonyl (C=O) groups is 1. The fourth-order valence-electron chi connectivity index (χ4n) is 2.71. The molecule has 1 amide bonds. The molecule has 2 heterocycles. The first-order valence-corrected chi connectivity index (χ1v) is 8.60. The van der Waals surface area contributed by atoms with Gasteiger partial charge in [0.05, 0.1) is 5.02 Å². The van der Waals surface area contributed by atoms with E-state index in [1.54, 1.807) is 13.2 Å². The van der Waals surface area contributed by atoms with Crippen molar-refractivity contribution in [1.82, 2.24) is 9.80 Å². The quantitative estimate of drug-likeness (QED) is 0.752. The number of rotatable bonds is 6.